The number of sulfonamides is 1. The molecule has 0 bridgehead atoms. The highest BCUT2D eigenvalue weighted by Crippen LogP contribution is 2.26. The minimum absolute atomic E-state index is 0.000247. The molecule has 0 aliphatic heterocycles. The van der Waals surface area contributed by atoms with Crippen LogP contribution in [0.3, 0.4) is 0 Å². The van der Waals surface area contributed by atoms with Gasteiger partial charge in [-0.3, -0.25) is 14.8 Å². The topological polar surface area (TPSA) is 140 Å². The number of urea groups is 1. The molecule has 2 amide bonds. The number of anilines is 3. The monoisotopic (exact) mass is 442 g/mol. The van der Waals surface area contributed by atoms with Gasteiger partial charge in [-0.05, 0) is 48.5 Å². The summed E-state index contributed by atoms with van der Waals surface area (Å²) in [4.78, 5) is 22.2. The van der Waals surface area contributed by atoms with E-state index >= 15 is 0 Å². The first-order chi connectivity index (χ1) is 14.8. The van der Waals surface area contributed by atoms with Crippen LogP contribution in [0.5, 0.6) is 5.75 Å². The molecular formula is C20H18N4O6S. The van der Waals surface area contributed by atoms with Gasteiger partial charge in [-0.2, -0.15) is 0 Å². The zero-order valence-electron chi connectivity index (χ0n) is 16.2. The molecule has 0 unspecified atom stereocenters. The normalized spacial score (nSPS) is 10.7. The fourth-order valence-electron chi connectivity index (χ4n) is 2.61. The zero-order valence-corrected chi connectivity index (χ0v) is 17.0. The number of non-ortho nitro benzene ring substituents is 1. The van der Waals surface area contributed by atoms with Crippen molar-refractivity contribution in [3.05, 3.63) is 82.9 Å². The SMILES string of the molecule is COc1ccccc1NS(=O)(=O)c1ccc(NC(=O)Nc2ccc([N+](=O)[O-])cc2)cc1. The highest BCUT2D eigenvalue weighted by atomic mass is 32.2. The molecule has 31 heavy (non-hydrogen) atoms. The molecule has 0 fully saturated rings. The van der Waals surface area contributed by atoms with Gasteiger partial charge >= 0.3 is 6.03 Å². The largest absolute Gasteiger partial charge is 0.495 e. The minimum atomic E-state index is -3.86. The number of para-hydroxylation sites is 2. The van der Waals surface area contributed by atoms with Crippen LogP contribution < -0.4 is 20.1 Å². The summed E-state index contributed by atoms with van der Waals surface area (Å²) >= 11 is 0. The van der Waals surface area contributed by atoms with Crippen LogP contribution in [0, 0.1) is 10.1 Å². The van der Waals surface area contributed by atoms with E-state index in [1.54, 1.807) is 24.3 Å². The molecule has 3 N–H and O–H groups in total. The molecule has 0 radical (unpaired) electrons. The van der Waals surface area contributed by atoms with Crippen molar-refractivity contribution in [3.63, 3.8) is 0 Å². The fraction of sp³-hybridized carbons (Fsp3) is 0.0500. The average molecular weight is 442 g/mol. The first-order valence-corrected chi connectivity index (χ1v) is 10.4. The Hall–Kier alpha value is -4.12. The minimum Gasteiger partial charge on any atom is -0.495 e. The number of amides is 2. The lowest BCUT2D eigenvalue weighted by atomic mass is 10.3. The Kier molecular flexibility index (Phi) is 6.36. The molecule has 0 aliphatic rings. The molecule has 10 nitrogen and oxygen atoms in total. The molecule has 0 saturated heterocycles. The summed E-state index contributed by atoms with van der Waals surface area (Å²) in [7, 11) is -2.42. The zero-order chi connectivity index (χ0) is 22.4. The van der Waals surface area contributed by atoms with Gasteiger partial charge in [0, 0.05) is 23.5 Å². The molecule has 0 atom stereocenters. The van der Waals surface area contributed by atoms with E-state index in [9.17, 15) is 23.3 Å². The van der Waals surface area contributed by atoms with Gasteiger partial charge in [0.25, 0.3) is 15.7 Å². The third-order valence-electron chi connectivity index (χ3n) is 4.11. The van der Waals surface area contributed by atoms with Gasteiger partial charge in [0.15, 0.2) is 0 Å². The quantitative estimate of drug-likeness (QED) is 0.373. The maximum atomic E-state index is 12.6. The summed E-state index contributed by atoms with van der Waals surface area (Å²) in [6.07, 6.45) is 0. The Morgan fingerprint density at radius 2 is 1.45 bits per heavy atom. The van der Waals surface area contributed by atoms with Crippen molar-refractivity contribution in [1.29, 1.82) is 0 Å². The van der Waals surface area contributed by atoms with E-state index in [0.717, 1.165) is 0 Å². The number of nitro groups is 1. The number of rotatable bonds is 7. The lowest BCUT2D eigenvalue weighted by Gasteiger charge is -2.12. The molecule has 160 valence electrons. The molecule has 3 aromatic rings. The molecule has 3 rings (SSSR count). The van der Waals surface area contributed by atoms with E-state index in [2.05, 4.69) is 15.4 Å². The molecule has 11 heteroatoms. The molecular weight excluding hydrogens is 424 g/mol. The third-order valence-corrected chi connectivity index (χ3v) is 5.49. The summed E-state index contributed by atoms with van der Waals surface area (Å²) < 4.78 is 32.8. The van der Waals surface area contributed by atoms with Crippen molar-refractivity contribution in [1.82, 2.24) is 0 Å². The third kappa shape index (κ3) is 5.48. The lowest BCUT2D eigenvalue weighted by Crippen LogP contribution is -2.19. The van der Waals surface area contributed by atoms with Crippen LogP contribution >= 0.6 is 0 Å². The Morgan fingerprint density at radius 1 is 0.903 bits per heavy atom. The predicted octanol–water partition coefficient (Wildman–Crippen LogP) is 4.05. The maximum Gasteiger partial charge on any atom is 0.323 e. The van der Waals surface area contributed by atoms with Gasteiger partial charge in [-0.15, -0.1) is 0 Å². The first kappa shape index (κ1) is 21.6. The fourth-order valence-corrected chi connectivity index (χ4v) is 3.68. The Morgan fingerprint density at radius 3 is 2.00 bits per heavy atom. The smallest absolute Gasteiger partial charge is 0.323 e. The Bertz CT molecular complexity index is 1200. The van der Waals surface area contributed by atoms with E-state index in [4.69, 9.17) is 4.74 Å². The van der Waals surface area contributed by atoms with Crippen LogP contribution in [-0.4, -0.2) is 26.5 Å². The van der Waals surface area contributed by atoms with E-state index in [1.807, 2.05) is 0 Å². The molecule has 0 aliphatic carbocycles. The number of carbonyl (C=O) groups is 1. The van der Waals surface area contributed by atoms with Crippen molar-refractivity contribution in [3.8, 4) is 5.75 Å². The molecule has 0 saturated carbocycles. The summed E-state index contributed by atoms with van der Waals surface area (Å²) in [5, 5.41) is 15.7. The van der Waals surface area contributed by atoms with Crippen molar-refractivity contribution in [2.45, 2.75) is 4.90 Å². The van der Waals surface area contributed by atoms with Gasteiger partial charge in [0.2, 0.25) is 0 Å². The number of ether oxygens (including phenoxy) is 1. The highest BCUT2D eigenvalue weighted by molar-refractivity contribution is 7.92. The number of nitrogens with one attached hydrogen (secondary N) is 3. The molecule has 0 spiro atoms. The number of benzene rings is 3. The van der Waals surface area contributed by atoms with Gasteiger partial charge in [0.1, 0.15) is 5.75 Å². The van der Waals surface area contributed by atoms with Gasteiger partial charge in [-0.25, -0.2) is 13.2 Å². The van der Waals surface area contributed by atoms with E-state index < -0.39 is 21.0 Å². The maximum absolute atomic E-state index is 12.6. The Labute approximate surface area is 178 Å². The number of methoxy groups -OCH3 is 1. The first-order valence-electron chi connectivity index (χ1n) is 8.87. The van der Waals surface area contributed by atoms with Crippen LogP contribution in [0.4, 0.5) is 27.5 Å². The molecule has 0 heterocycles. The molecule has 0 aromatic heterocycles. The van der Waals surface area contributed by atoms with Crippen LogP contribution in [0.1, 0.15) is 0 Å². The summed E-state index contributed by atoms with van der Waals surface area (Å²) in [6.45, 7) is 0. The van der Waals surface area contributed by atoms with E-state index in [-0.39, 0.29) is 10.6 Å². The number of hydrogen-bond donors (Lipinski definition) is 3. The van der Waals surface area contributed by atoms with Gasteiger partial charge in [0.05, 0.1) is 22.6 Å². The van der Waals surface area contributed by atoms with Crippen LogP contribution in [-0.2, 0) is 10.0 Å². The number of hydrogen-bond acceptors (Lipinski definition) is 6. The average Bonchev–Trinajstić information content (AvgIpc) is 2.74. The second-order valence-electron chi connectivity index (χ2n) is 6.21. The number of nitro benzene ring substituents is 1. The second kappa shape index (κ2) is 9.13. The van der Waals surface area contributed by atoms with Crippen LogP contribution in [0.25, 0.3) is 0 Å². The van der Waals surface area contributed by atoms with Crippen LogP contribution in [0.15, 0.2) is 77.7 Å². The summed E-state index contributed by atoms with van der Waals surface area (Å²) in [5.41, 5.74) is 0.929. The Balaban J connectivity index is 1.65. The summed E-state index contributed by atoms with van der Waals surface area (Å²) in [5.74, 6) is 0.382. The predicted molar refractivity (Wildman–Crippen MR) is 116 cm³/mol. The van der Waals surface area contributed by atoms with E-state index in [1.165, 1.54) is 55.6 Å². The number of carbonyl (C=O) groups excluding carboxylic acids is 1. The van der Waals surface area contributed by atoms with Gasteiger partial charge in [-0.1, -0.05) is 12.1 Å². The van der Waals surface area contributed by atoms with Crippen molar-refractivity contribution < 1.29 is 22.9 Å². The molecule has 3 aromatic carbocycles. The highest BCUT2D eigenvalue weighted by Gasteiger charge is 2.16. The second-order valence-corrected chi connectivity index (χ2v) is 7.90. The van der Waals surface area contributed by atoms with Crippen molar-refractivity contribution >= 4 is 38.8 Å². The van der Waals surface area contributed by atoms with Crippen LogP contribution in [0.2, 0.25) is 0 Å². The van der Waals surface area contributed by atoms with Crippen molar-refractivity contribution in [2.75, 3.05) is 22.5 Å². The van der Waals surface area contributed by atoms with E-state index in [0.29, 0.717) is 22.8 Å². The standard InChI is InChI=1S/C20H18N4O6S/c1-30-19-5-3-2-4-18(19)23-31(28,29)17-12-8-15(9-13-17)22-20(25)21-14-6-10-16(11-7-14)24(26)27/h2-13,23H,1H3,(H2,21,22,25). The van der Waals surface area contributed by atoms with Crippen molar-refractivity contribution in [2.24, 2.45) is 0 Å². The summed E-state index contributed by atoms with van der Waals surface area (Å²) in [6, 6.07) is 16.9. The lowest BCUT2D eigenvalue weighted by molar-refractivity contribution is -0.384. The number of nitrogens with zero attached hydrogens (tertiary/aromatic N) is 1. The van der Waals surface area contributed by atoms with Gasteiger partial charge < -0.3 is 15.4 Å².